The molecule has 126 valence electrons. The fourth-order valence-corrected chi connectivity index (χ4v) is 3.29. The van der Waals surface area contributed by atoms with Crippen molar-refractivity contribution in [3.05, 3.63) is 65.7 Å². The Morgan fingerprint density at radius 1 is 1.12 bits per heavy atom. The van der Waals surface area contributed by atoms with E-state index in [2.05, 4.69) is 10.1 Å². The Labute approximate surface area is 144 Å². The van der Waals surface area contributed by atoms with E-state index in [-0.39, 0.29) is 5.92 Å². The molecule has 1 aliphatic rings. The van der Waals surface area contributed by atoms with Gasteiger partial charge in [-0.3, -0.25) is 0 Å². The highest BCUT2D eigenvalue weighted by Gasteiger charge is 2.29. The zero-order chi connectivity index (χ0) is 17.2. The zero-order valence-corrected chi connectivity index (χ0v) is 13.5. The van der Waals surface area contributed by atoms with Crippen LogP contribution in [0.1, 0.15) is 28.3 Å². The Morgan fingerprint density at radius 2 is 1.88 bits per heavy atom. The highest BCUT2D eigenvalue weighted by molar-refractivity contribution is 5.89. The van der Waals surface area contributed by atoms with Crippen molar-refractivity contribution >= 4 is 11.9 Å². The van der Waals surface area contributed by atoms with Crippen LogP contribution in [0.5, 0.6) is 0 Å². The van der Waals surface area contributed by atoms with Crippen LogP contribution in [0.2, 0.25) is 0 Å². The first-order valence-electron chi connectivity index (χ1n) is 8.18. The molecular weight excluding hydrogens is 318 g/mol. The van der Waals surface area contributed by atoms with Gasteiger partial charge in [-0.25, -0.2) is 4.79 Å². The average Bonchev–Trinajstić information content (AvgIpc) is 3.32. The number of aromatic carboxylic acids is 1. The second kappa shape index (κ2) is 6.39. The van der Waals surface area contributed by atoms with E-state index >= 15 is 0 Å². The van der Waals surface area contributed by atoms with Crippen molar-refractivity contribution in [3.8, 4) is 11.5 Å². The lowest BCUT2D eigenvalue weighted by atomic mass is 9.93. The highest BCUT2D eigenvalue weighted by Crippen LogP contribution is 2.32. The van der Waals surface area contributed by atoms with Crippen molar-refractivity contribution in [1.82, 2.24) is 10.1 Å². The molecule has 0 spiro atoms. The number of carbonyl (C=O) groups is 1. The maximum atomic E-state index is 11.4. The van der Waals surface area contributed by atoms with E-state index in [0.717, 1.165) is 24.1 Å². The molecule has 1 saturated heterocycles. The minimum atomic E-state index is -0.889. The molecule has 1 N–H and O–H groups in total. The molecule has 1 fully saturated rings. The Balaban J connectivity index is 1.54. The molecule has 4 rings (SSSR count). The van der Waals surface area contributed by atoms with Gasteiger partial charge < -0.3 is 14.5 Å². The molecule has 6 heteroatoms. The van der Waals surface area contributed by atoms with Crippen LogP contribution in [0.15, 0.2) is 59.1 Å². The van der Waals surface area contributed by atoms with Crippen molar-refractivity contribution in [1.29, 1.82) is 0 Å². The Kier molecular flexibility index (Phi) is 3.93. The van der Waals surface area contributed by atoms with Crippen molar-refractivity contribution < 1.29 is 14.4 Å². The van der Waals surface area contributed by atoms with E-state index in [4.69, 9.17) is 4.52 Å². The molecule has 0 aliphatic carbocycles. The predicted molar refractivity (Wildman–Crippen MR) is 92.7 cm³/mol. The van der Waals surface area contributed by atoms with Gasteiger partial charge in [-0.05, 0) is 35.3 Å². The van der Waals surface area contributed by atoms with Gasteiger partial charge in [-0.15, -0.1) is 0 Å². The second-order valence-corrected chi connectivity index (χ2v) is 6.09. The second-order valence-electron chi connectivity index (χ2n) is 6.09. The van der Waals surface area contributed by atoms with E-state index < -0.39 is 5.97 Å². The molecule has 0 saturated carbocycles. The van der Waals surface area contributed by atoms with E-state index in [0.29, 0.717) is 23.9 Å². The molecule has 0 amide bonds. The highest BCUT2D eigenvalue weighted by atomic mass is 16.5. The Bertz CT molecular complexity index is 892. The zero-order valence-electron chi connectivity index (χ0n) is 13.5. The van der Waals surface area contributed by atoms with E-state index in [1.807, 2.05) is 47.4 Å². The minimum Gasteiger partial charge on any atom is -0.478 e. The van der Waals surface area contributed by atoms with Crippen molar-refractivity contribution in [3.63, 3.8) is 0 Å². The lowest BCUT2D eigenvalue weighted by molar-refractivity contribution is 0.0695. The maximum Gasteiger partial charge on any atom is 0.335 e. The average molecular weight is 335 g/mol. The summed E-state index contributed by atoms with van der Waals surface area (Å²) < 4.78 is 5.37. The SMILES string of the molecule is O=C(O)c1ccccc1[C@@H]1CCN(c2noc(-c3ccccc3)n2)C1. The van der Waals surface area contributed by atoms with Crippen LogP contribution in [0.3, 0.4) is 0 Å². The summed E-state index contributed by atoms with van der Waals surface area (Å²) >= 11 is 0. The number of hydrogen-bond donors (Lipinski definition) is 1. The molecule has 0 unspecified atom stereocenters. The summed E-state index contributed by atoms with van der Waals surface area (Å²) in [5, 5.41) is 13.5. The van der Waals surface area contributed by atoms with Gasteiger partial charge >= 0.3 is 5.97 Å². The summed E-state index contributed by atoms with van der Waals surface area (Å²) in [7, 11) is 0. The van der Waals surface area contributed by atoms with Gasteiger partial charge in [0, 0.05) is 24.6 Å². The van der Waals surface area contributed by atoms with Crippen LogP contribution in [0, 0.1) is 0 Å². The largest absolute Gasteiger partial charge is 0.478 e. The van der Waals surface area contributed by atoms with Gasteiger partial charge in [0.05, 0.1) is 5.56 Å². The molecule has 0 bridgehead atoms. The number of hydrogen-bond acceptors (Lipinski definition) is 5. The first-order valence-corrected chi connectivity index (χ1v) is 8.18. The third kappa shape index (κ3) is 2.98. The minimum absolute atomic E-state index is 0.144. The molecule has 1 aliphatic heterocycles. The fraction of sp³-hybridized carbons (Fsp3) is 0.211. The molecule has 0 radical (unpaired) electrons. The number of carboxylic acid groups (broad SMARTS) is 1. The van der Waals surface area contributed by atoms with Gasteiger partial charge in [0.2, 0.25) is 0 Å². The van der Waals surface area contributed by atoms with Crippen LogP contribution in [0.4, 0.5) is 5.95 Å². The third-order valence-electron chi connectivity index (χ3n) is 4.54. The van der Waals surface area contributed by atoms with Crippen LogP contribution in [-0.2, 0) is 0 Å². The quantitative estimate of drug-likeness (QED) is 0.787. The van der Waals surface area contributed by atoms with Crippen molar-refractivity contribution in [2.24, 2.45) is 0 Å². The molecular formula is C19H17N3O3. The fourth-order valence-electron chi connectivity index (χ4n) is 3.29. The summed E-state index contributed by atoms with van der Waals surface area (Å²) in [5.41, 5.74) is 2.12. The van der Waals surface area contributed by atoms with Crippen LogP contribution in [-0.4, -0.2) is 34.3 Å². The number of benzene rings is 2. The Hall–Kier alpha value is -3.15. The van der Waals surface area contributed by atoms with E-state index in [1.54, 1.807) is 12.1 Å². The van der Waals surface area contributed by atoms with Crippen LogP contribution < -0.4 is 4.90 Å². The third-order valence-corrected chi connectivity index (χ3v) is 4.54. The first-order chi connectivity index (χ1) is 12.2. The first kappa shape index (κ1) is 15.4. The molecule has 2 heterocycles. The van der Waals surface area contributed by atoms with E-state index in [1.165, 1.54) is 0 Å². The molecule has 2 aromatic carbocycles. The number of nitrogens with zero attached hydrogens (tertiary/aromatic N) is 3. The molecule has 6 nitrogen and oxygen atoms in total. The van der Waals surface area contributed by atoms with Gasteiger partial charge in [0.1, 0.15) is 0 Å². The van der Waals surface area contributed by atoms with Gasteiger partial charge in [0.25, 0.3) is 11.8 Å². The monoisotopic (exact) mass is 335 g/mol. The molecule has 3 aromatic rings. The number of carboxylic acids is 1. The van der Waals surface area contributed by atoms with Crippen LogP contribution in [0.25, 0.3) is 11.5 Å². The summed E-state index contributed by atoms with van der Waals surface area (Å²) in [5.74, 6) is 0.296. The smallest absolute Gasteiger partial charge is 0.335 e. The van der Waals surface area contributed by atoms with Crippen molar-refractivity contribution in [2.75, 3.05) is 18.0 Å². The molecule has 1 aromatic heterocycles. The summed E-state index contributed by atoms with van der Waals surface area (Å²) in [4.78, 5) is 18.0. The lowest BCUT2D eigenvalue weighted by Crippen LogP contribution is -2.21. The van der Waals surface area contributed by atoms with Gasteiger partial charge in [-0.2, -0.15) is 4.98 Å². The molecule has 25 heavy (non-hydrogen) atoms. The number of rotatable bonds is 4. The predicted octanol–water partition coefficient (Wildman–Crippen LogP) is 3.43. The Morgan fingerprint density at radius 3 is 2.68 bits per heavy atom. The maximum absolute atomic E-state index is 11.4. The van der Waals surface area contributed by atoms with Crippen LogP contribution >= 0.6 is 0 Å². The normalized spacial score (nSPS) is 17.0. The van der Waals surface area contributed by atoms with E-state index in [9.17, 15) is 9.90 Å². The van der Waals surface area contributed by atoms with Gasteiger partial charge in [-0.1, -0.05) is 36.4 Å². The standard InChI is InChI=1S/C19H17N3O3/c23-18(24)16-9-5-4-8-15(16)14-10-11-22(12-14)19-20-17(25-21-19)13-6-2-1-3-7-13/h1-9,14H,10-12H2,(H,23,24)/t14-/m1/s1. The number of aromatic nitrogens is 2. The number of anilines is 1. The summed E-state index contributed by atoms with van der Waals surface area (Å²) in [6, 6.07) is 16.8. The van der Waals surface area contributed by atoms with Gasteiger partial charge in [0.15, 0.2) is 0 Å². The summed E-state index contributed by atoms with van der Waals surface area (Å²) in [6.07, 6.45) is 0.861. The molecule has 1 atom stereocenters. The summed E-state index contributed by atoms with van der Waals surface area (Å²) in [6.45, 7) is 1.45. The van der Waals surface area contributed by atoms with Crippen molar-refractivity contribution in [2.45, 2.75) is 12.3 Å². The topological polar surface area (TPSA) is 79.5 Å². The lowest BCUT2D eigenvalue weighted by Gasteiger charge is -2.15.